The molecular formula is C14H11Cl2NO4. The molecule has 0 unspecified atom stereocenters. The van der Waals surface area contributed by atoms with Gasteiger partial charge in [0, 0.05) is 16.8 Å². The number of rotatable bonds is 4. The van der Waals surface area contributed by atoms with Crippen molar-refractivity contribution in [2.45, 2.75) is 6.92 Å². The second-order valence-corrected chi connectivity index (χ2v) is 4.97. The molecule has 0 amide bonds. The van der Waals surface area contributed by atoms with Crippen LogP contribution in [0.1, 0.15) is 16.1 Å². The van der Waals surface area contributed by atoms with Crippen molar-refractivity contribution >= 4 is 29.2 Å². The second-order valence-electron chi connectivity index (χ2n) is 4.13. The van der Waals surface area contributed by atoms with Gasteiger partial charge in [-0.3, -0.25) is 0 Å². The third-order valence-corrected chi connectivity index (χ3v) is 3.15. The number of aromatic nitrogens is 1. The molecule has 0 spiro atoms. The summed E-state index contributed by atoms with van der Waals surface area (Å²) in [5, 5.41) is 9.75. The summed E-state index contributed by atoms with van der Waals surface area (Å²) in [6, 6.07) is 6.16. The van der Waals surface area contributed by atoms with Crippen molar-refractivity contribution < 1.29 is 19.4 Å². The van der Waals surface area contributed by atoms with E-state index in [0.29, 0.717) is 22.2 Å². The van der Waals surface area contributed by atoms with E-state index < -0.39 is 5.97 Å². The number of pyridine rings is 1. The molecule has 0 fully saturated rings. The summed E-state index contributed by atoms with van der Waals surface area (Å²) in [4.78, 5) is 15.4. The number of nitrogens with zero attached hydrogens (tertiary/aromatic N) is 1. The van der Waals surface area contributed by atoms with Crippen molar-refractivity contribution in [3.63, 3.8) is 0 Å². The average molecular weight is 328 g/mol. The van der Waals surface area contributed by atoms with Crippen LogP contribution in [0.4, 0.5) is 0 Å². The van der Waals surface area contributed by atoms with Crippen LogP contribution in [0.25, 0.3) is 0 Å². The van der Waals surface area contributed by atoms with Crippen LogP contribution in [0.2, 0.25) is 10.0 Å². The van der Waals surface area contributed by atoms with Gasteiger partial charge in [-0.05, 0) is 25.1 Å². The molecule has 0 aliphatic heterocycles. The lowest BCUT2D eigenvalue weighted by molar-refractivity contribution is 0.0693. The Bertz CT molecular complexity index is 704. The summed E-state index contributed by atoms with van der Waals surface area (Å²) >= 11 is 11.8. The number of carboxylic acids is 1. The van der Waals surface area contributed by atoms with E-state index in [-0.39, 0.29) is 16.5 Å². The van der Waals surface area contributed by atoms with Crippen molar-refractivity contribution in [3.8, 4) is 17.4 Å². The van der Waals surface area contributed by atoms with Crippen LogP contribution in [-0.2, 0) is 0 Å². The Morgan fingerprint density at radius 1 is 1.24 bits per heavy atom. The molecule has 7 heteroatoms. The predicted molar refractivity (Wildman–Crippen MR) is 79.0 cm³/mol. The van der Waals surface area contributed by atoms with Crippen LogP contribution < -0.4 is 9.47 Å². The highest BCUT2D eigenvalue weighted by atomic mass is 35.5. The third kappa shape index (κ3) is 3.37. The van der Waals surface area contributed by atoms with Gasteiger partial charge in [0.2, 0.25) is 5.88 Å². The Kier molecular flexibility index (Phi) is 4.55. The quantitative estimate of drug-likeness (QED) is 0.911. The van der Waals surface area contributed by atoms with Gasteiger partial charge in [-0.25, -0.2) is 9.78 Å². The van der Waals surface area contributed by atoms with Gasteiger partial charge in [0.1, 0.15) is 5.56 Å². The maximum atomic E-state index is 11.3. The lowest BCUT2D eigenvalue weighted by Gasteiger charge is -2.12. The normalized spacial score (nSPS) is 10.3. The monoisotopic (exact) mass is 327 g/mol. The number of benzene rings is 1. The standard InChI is InChI=1S/C14H11Cl2NO4/c1-7-5-9(16)12(14(18)19)13(17-7)21-10-4-3-8(15)6-11(10)20-2/h3-6H,1-2H3,(H,18,19). The summed E-state index contributed by atoms with van der Waals surface area (Å²) in [6.07, 6.45) is 0. The van der Waals surface area contributed by atoms with E-state index in [1.54, 1.807) is 25.1 Å². The molecular weight excluding hydrogens is 317 g/mol. The molecule has 0 aliphatic rings. The van der Waals surface area contributed by atoms with Crippen molar-refractivity contribution in [2.75, 3.05) is 7.11 Å². The highest BCUT2D eigenvalue weighted by Crippen LogP contribution is 2.36. The molecule has 0 radical (unpaired) electrons. The molecule has 2 aromatic rings. The molecule has 1 aromatic carbocycles. The number of aromatic carboxylic acids is 1. The van der Waals surface area contributed by atoms with E-state index in [0.717, 1.165) is 0 Å². The first-order valence-corrected chi connectivity index (χ1v) is 6.59. The maximum absolute atomic E-state index is 11.3. The van der Waals surface area contributed by atoms with Gasteiger partial charge in [-0.1, -0.05) is 23.2 Å². The summed E-state index contributed by atoms with van der Waals surface area (Å²) in [7, 11) is 1.45. The van der Waals surface area contributed by atoms with Gasteiger partial charge in [0.25, 0.3) is 0 Å². The summed E-state index contributed by atoms with van der Waals surface area (Å²) in [6.45, 7) is 1.68. The van der Waals surface area contributed by atoms with Crippen molar-refractivity contribution in [2.24, 2.45) is 0 Å². The fourth-order valence-electron chi connectivity index (χ4n) is 1.70. The van der Waals surface area contributed by atoms with E-state index in [9.17, 15) is 9.90 Å². The molecule has 110 valence electrons. The number of aryl methyl sites for hydroxylation is 1. The number of carbonyl (C=O) groups is 1. The molecule has 1 aromatic heterocycles. The molecule has 0 saturated carbocycles. The van der Waals surface area contributed by atoms with Crippen LogP contribution in [0.15, 0.2) is 24.3 Å². The zero-order valence-corrected chi connectivity index (χ0v) is 12.7. The molecule has 1 heterocycles. The first-order chi connectivity index (χ1) is 9.92. The maximum Gasteiger partial charge on any atom is 0.342 e. The number of halogens is 2. The Morgan fingerprint density at radius 2 is 1.95 bits per heavy atom. The first-order valence-electron chi connectivity index (χ1n) is 5.84. The first kappa shape index (κ1) is 15.4. The highest BCUT2D eigenvalue weighted by molar-refractivity contribution is 6.33. The zero-order chi connectivity index (χ0) is 15.6. The van der Waals surface area contributed by atoms with E-state index in [2.05, 4.69) is 4.98 Å². The molecule has 0 saturated heterocycles. The number of ether oxygens (including phenoxy) is 2. The Labute approximate surface area is 131 Å². The van der Waals surface area contributed by atoms with Crippen LogP contribution in [0.5, 0.6) is 17.4 Å². The summed E-state index contributed by atoms with van der Waals surface area (Å²) in [5.74, 6) is -0.680. The van der Waals surface area contributed by atoms with Gasteiger partial charge in [0.15, 0.2) is 11.5 Å². The number of methoxy groups -OCH3 is 1. The van der Waals surface area contributed by atoms with Crippen molar-refractivity contribution in [3.05, 3.63) is 45.6 Å². The summed E-state index contributed by atoms with van der Waals surface area (Å²) in [5.41, 5.74) is 0.326. The van der Waals surface area contributed by atoms with Gasteiger partial charge in [0.05, 0.1) is 12.1 Å². The minimum atomic E-state index is -1.23. The average Bonchev–Trinajstić information content (AvgIpc) is 2.39. The van der Waals surface area contributed by atoms with Crippen molar-refractivity contribution in [1.82, 2.24) is 4.98 Å². The zero-order valence-electron chi connectivity index (χ0n) is 11.2. The smallest absolute Gasteiger partial charge is 0.342 e. The highest BCUT2D eigenvalue weighted by Gasteiger charge is 2.20. The SMILES string of the molecule is COc1cc(Cl)ccc1Oc1nc(C)cc(Cl)c1C(=O)O. The minimum Gasteiger partial charge on any atom is -0.493 e. The van der Waals surface area contributed by atoms with Gasteiger partial charge < -0.3 is 14.6 Å². The van der Waals surface area contributed by atoms with Gasteiger partial charge >= 0.3 is 5.97 Å². The second kappa shape index (κ2) is 6.20. The van der Waals surface area contributed by atoms with E-state index in [1.165, 1.54) is 13.2 Å². The fraction of sp³-hybridized carbons (Fsp3) is 0.143. The number of hydrogen-bond acceptors (Lipinski definition) is 4. The van der Waals surface area contributed by atoms with E-state index in [4.69, 9.17) is 32.7 Å². The fourth-order valence-corrected chi connectivity index (χ4v) is 2.19. The third-order valence-electron chi connectivity index (χ3n) is 2.61. The van der Waals surface area contributed by atoms with Crippen LogP contribution >= 0.6 is 23.2 Å². The van der Waals surface area contributed by atoms with Gasteiger partial charge in [-0.15, -0.1) is 0 Å². The van der Waals surface area contributed by atoms with E-state index >= 15 is 0 Å². The van der Waals surface area contributed by atoms with E-state index in [1.807, 2.05) is 0 Å². The molecule has 0 aliphatic carbocycles. The Hall–Kier alpha value is -1.98. The summed E-state index contributed by atoms with van der Waals surface area (Å²) < 4.78 is 10.7. The molecule has 21 heavy (non-hydrogen) atoms. The minimum absolute atomic E-state index is 0.0536. The largest absolute Gasteiger partial charge is 0.493 e. The topological polar surface area (TPSA) is 68.7 Å². The van der Waals surface area contributed by atoms with Crippen LogP contribution in [0, 0.1) is 6.92 Å². The number of hydrogen-bond donors (Lipinski definition) is 1. The predicted octanol–water partition coefficient (Wildman–Crippen LogP) is 4.20. The molecule has 2 rings (SSSR count). The molecule has 5 nitrogen and oxygen atoms in total. The molecule has 0 bridgehead atoms. The molecule has 1 N–H and O–H groups in total. The Balaban J connectivity index is 2.51. The number of carboxylic acid groups (broad SMARTS) is 1. The van der Waals surface area contributed by atoms with Crippen LogP contribution in [-0.4, -0.2) is 23.2 Å². The van der Waals surface area contributed by atoms with Crippen molar-refractivity contribution in [1.29, 1.82) is 0 Å². The van der Waals surface area contributed by atoms with Gasteiger partial charge in [-0.2, -0.15) is 0 Å². The lowest BCUT2D eigenvalue weighted by atomic mass is 10.2. The lowest BCUT2D eigenvalue weighted by Crippen LogP contribution is -2.05. The molecule has 0 atom stereocenters. The van der Waals surface area contributed by atoms with Crippen LogP contribution in [0.3, 0.4) is 0 Å². The Morgan fingerprint density at radius 3 is 2.57 bits per heavy atom.